The number of rotatable bonds is 1. The van der Waals surface area contributed by atoms with Crippen molar-refractivity contribution in [1.29, 1.82) is 5.26 Å². The van der Waals surface area contributed by atoms with Gasteiger partial charge in [0.05, 0.1) is 11.1 Å². The molecule has 2 aromatic carbocycles. The Morgan fingerprint density at radius 1 is 1.20 bits per heavy atom. The Balaban J connectivity index is 2.42. The van der Waals surface area contributed by atoms with E-state index in [0.29, 0.717) is 27.2 Å². The molecule has 0 fully saturated rings. The summed E-state index contributed by atoms with van der Waals surface area (Å²) >= 11 is 8.18. The summed E-state index contributed by atoms with van der Waals surface area (Å²) in [6, 6.07) is 14.9. The van der Waals surface area contributed by atoms with Crippen LogP contribution in [0.5, 0.6) is 0 Å². The number of halogens is 2. The highest BCUT2D eigenvalue weighted by atomic mass is 127. The highest BCUT2D eigenvalue weighted by molar-refractivity contribution is 14.1. The summed E-state index contributed by atoms with van der Waals surface area (Å²) in [5, 5.41) is 21.0. The Kier molecular flexibility index (Phi) is 3.32. The first-order valence-corrected chi connectivity index (χ1v) is 7.26. The number of nitrogens with zero attached hydrogens (tertiary/aromatic N) is 2. The van der Waals surface area contributed by atoms with E-state index in [1.165, 1.54) is 0 Å². The average Bonchev–Trinajstić information content (AvgIpc) is 2.70. The molecule has 5 heteroatoms. The fourth-order valence-electron chi connectivity index (χ4n) is 2.26. The molecule has 0 aliphatic rings. The van der Waals surface area contributed by atoms with Crippen LogP contribution in [-0.2, 0) is 0 Å². The van der Waals surface area contributed by atoms with Gasteiger partial charge in [-0.2, -0.15) is 9.99 Å². The monoisotopic (exact) mass is 394 g/mol. The van der Waals surface area contributed by atoms with E-state index in [9.17, 15) is 10.5 Å². The van der Waals surface area contributed by atoms with E-state index in [1.807, 2.05) is 24.3 Å². The number of benzene rings is 2. The molecule has 98 valence electrons. The summed E-state index contributed by atoms with van der Waals surface area (Å²) in [7, 11) is 0. The van der Waals surface area contributed by atoms with Crippen LogP contribution in [0.25, 0.3) is 22.2 Å². The van der Waals surface area contributed by atoms with Gasteiger partial charge in [-0.1, -0.05) is 23.7 Å². The van der Waals surface area contributed by atoms with Crippen LogP contribution in [0.2, 0.25) is 5.02 Å². The van der Waals surface area contributed by atoms with Crippen molar-refractivity contribution in [3.63, 3.8) is 0 Å². The summed E-state index contributed by atoms with van der Waals surface area (Å²) in [6.07, 6.45) is 0. The molecule has 0 amide bonds. The Morgan fingerprint density at radius 2 is 2.00 bits per heavy atom. The average molecular weight is 395 g/mol. The minimum absolute atomic E-state index is 0.423. The Bertz CT molecular complexity index is 864. The molecule has 0 aliphatic carbocycles. The minimum atomic E-state index is 0.423. The minimum Gasteiger partial charge on any atom is -0.428 e. The zero-order valence-electron chi connectivity index (χ0n) is 10.1. The standard InChI is InChI=1S/C15H8ClIN2O/c16-10-4-5-14-12(7-10)13(8-18)15(19(14)20)9-2-1-3-11(17)6-9/h1-7,20H. The maximum absolute atomic E-state index is 10.4. The van der Waals surface area contributed by atoms with E-state index >= 15 is 0 Å². The second-order valence-corrected chi connectivity index (χ2v) is 6.00. The predicted molar refractivity (Wildman–Crippen MR) is 87.0 cm³/mol. The number of hydrogen-bond acceptors (Lipinski definition) is 2. The van der Waals surface area contributed by atoms with Crippen LogP contribution in [-0.4, -0.2) is 9.94 Å². The molecule has 0 aliphatic heterocycles. The molecule has 1 heterocycles. The van der Waals surface area contributed by atoms with Crippen molar-refractivity contribution in [1.82, 2.24) is 4.73 Å². The van der Waals surface area contributed by atoms with Crippen molar-refractivity contribution < 1.29 is 5.21 Å². The highest BCUT2D eigenvalue weighted by Gasteiger charge is 2.18. The Labute approximate surface area is 134 Å². The van der Waals surface area contributed by atoms with Crippen LogP contribution in [0.4, 0.5) is 0 Å². The first-order chi connectivity index (χ1) is 9.61. The number of nitriles is 1. The van der Waals surface area contributed by atoms with Gasteiger partial charge in [0, 0.05) is 19.5 Å². The normalized spacial score (nSPS) is 10.7. The molecule has 0 saturated heterocycles. The zero-order chi connectivity index (χ0) is 14.3. The molecule has 20 heavy (non-hydrogen) atoms. The van der Waals surface area contributed by atoms with E-state index in [-0.39, 0.29) is 0 Å². The Hall–Kier alpha value is -1.71. The van der Waals surface area contributed by atoms with Crippen molar-refractivity contribution in [2.45, 2.75) is 0 Å². The first kappa shape index (κ1) is 13.3. The molecule has 0 spiro atoms. The fraction of sp³-hybridized carbons (Fsp3) is 0. The van der Waals surface area contributed by atoms with E-state index in [0.717, 1.165) is 13.9 Å². The second kappa shape index (κ2) is 5.00. The second-order valence-electron chi connectivity index (χ2n) is 4.32. The number of hydrogen-bond donors (Lipinski definition) is 1. The molecule has 0 atom stereocenters. The fourth-order valence-corrected chi connectivity index (χ4v) is 2.98. The van der Waals surface area contributed by atoms with E-state index in [2.05, 4.69) is 28.7 Å². The third-order valence-corrected chi connectivity index (χ3v) is 4.02. The van der Waals surface area contributed by atoms with Gasteiger partial charge in [0.2, 0.25) is 0 Å². The van der Waals surface area contributed by atoms with Crippen LogP contribution in [0.15, 0.2) is 42.5 Å². The van der Waals surface area contributed by atoms with Crippen molar-refractivity contribution in [2.75, 3.05) is 0 Å². The number of fused-ring (bicyclic) bond motifs is 1. The zero-order valence-corrected chi connectivity index (χ0v) is 13.1. The van der Waals surface area contributed by atoms with Gasteiger partial charge in [-0.3, -0.25) is 0 Å². The Morgan fingerprint density at radius 3 is 2.70 bits per heavy atom. The lowest BCUT2D eigenvalue weighted by Crippen LogP contribution is -1.94. The smallest absolute Gasteiger partial charge is 0.106 e. The summed E-state index contributed by atoms with van der Waals surface area (Å²) < 4.78 is 2.09. The molecule has 3 rings (SSSR count). The quantitative estimate of drug-likeness (QED) is 0.481. The van der Waals surface area contributed by atoms with E-state index in [4.69, 9.17) is 11.6 Å². The summed E-state index contributed by atoms with van der Waals surface area (Å²) in [5.74, 6) is 0. The third-order valence-electron chi connectivity index (χ3n) is 3.11. The lowest BCUT2D eigenvalue weighted by Gasteiger charge is -2.04. The summed E-state index contributed by atoms with van der Waals surface area (Å²) in [6.45, 7) is 0. The van der Waals surface area contributed by atoms with Crippen molar-refractivity contribution in [2.24, 2.45) is 0 Å². The molecule has 0 bridgehead atoms. The molecule has 1 aromatic heterocycles. The topological polar surface area (TPSA) is 49.0 Å². The lowest BCUT2D eigenvalue weighted by atomic mass is 10.1. The van der Waals surface area contributed by atoms with Crippen molar-refractivity contribution >= 4 is 45.1 Å². The van der Waals surface area contributed by atoms with Gasteiger partial charge in [0.25, 0.3) is 0 Å². The van der Waals surface area contributed by atoms with E-state index in [1.54, 1.807) is 18.2 Å². The van der Waals surface area contributed by atoms with Crippen LogP contribution in [0.1, 0.15) is 5.56 Å². The lowest BCUT2D eigenvalue weighted by molar-refractivity contribution is 0.204. The molecule has 3 aromatic rings. The largest absolute Gasteiger partial charge is 0.428 e. The van der Waals surface area contributed by atoms with Crippen molar-refractivity contribution in [3.05, 3.63) is 56.6 Å². The third kappa shape index (κ3) is 2.03. The summed E-state index contributed by atoms with van der Waals surface area (Å²) in [4.78, 5) is 0. The molecule has 0 saturated carbocycles. The molecule has 0 unspecified atom stereocenters. The molecular weight excluding hydrogens is 387 g/mol. The van der Waals surface area contributed by atoms with Gasteiger partial charge < -0.3 is 5.21 Å². The van der Waals surface area contributed by atoms with Crippen LogP contribution >= 0.6 is 34.2 Å². The first-order valence-electron chi connectivity index (χ1n) is 5.81. The van der Waals surface area contributed by atoms with E-state index < -0.39 is 0 Å². The molecular formula is C15H8ClIN2O. The van der Waals surface area contributed by atoms with Crippen molar-refractivity contribution in [3.8, 4) is 17.3 Å². The maximum atomic E-state index is 10.4. The van der Waals surface area contributed by atoms with Crippen LogP contribution < -0.4 is 0 Å². The van der Waals surface area contributed by atoms with Crippen LogP contribution in [0.3, 0.4) is 0 Å². The molecule has 1 N–H and O–H groups in total. The van der Waals surface area contributed by atoms with Gasteiger partial charge in [0.1, 0.15) is 11.8 Å². The van der Waals surface area contributed by atoms with Crippen LogP contribution in [0, 0.1) is 14.9 Å². The molecule has 3 nitrogen and oxygen atoms in total. The van der Waals surface area contributed by atoms with Gasteiger partial charge >= 0.3 is 0 Å². The maximum Gasteiger partial charge on any atom is 0.106 e. The highest BCUT2D eigenvalue weighted by Crippen LogP contribution is 2.34. The predicted octanol–water partition coefficient (Wildman–Crippen LogP) is 4.68. The number of aromatic nitrogens is 1. The SMILES string of the molecule is N#Cc1c(-c2cccc(I)c2)n(O)c2ccc(Cl)cc12. The van der Waals surface area contributed by atoms with Gasteiger partial charge in [-0.15, -0.1) is 0 Å². The van der Waals surface area contributed by atoms with Gasteiger partial charge in [-0.05, 0) is 52.9 Å². The van der Waals surface area contributed by atoms with Gasteiger partial charge in [0.15, 0.2) is 0 Å². The summed E-state index contributed by atoms with van der Waals surface area (Å²) in [5.41, 5.74) is 2.28. The molecule has 0 radical (unpaired) electrons. The van der Waals surface area contributed by atoms with Gasteiger partial charge in [-0.25, -0.2) is 0 Å².